The molecule has 0 radical (unpaired) electrons. The van der Waals surface area contributed by atoms with Gasteiger partial charge >= 0.3 is 6.18 Å². The van der Waals surface area contributed by atoms with E-state index in [2.05, 4.69) is 0 Å². The first-order valence-corrected chi connectivity index (χ1v) is 6.91. The second-order valence-electron chi connectivity index (χ2n) is 5.36. The standard InChI is InChI=1S/C14H13F3N4O3/c1-19(11-3-2-10(21(23)24)6-9(11)7-18)12-4-5-20(13(12)22)8-14(15,16)17/h2-3,6,12H,4-5,8H2,1H3/t12-/m1/s1. The molecule has 1 fully saturated rings. The molecule has 1 heterocycles. The van der Waals surface area contributed by atoms with Crippen LogP contribution in [0.1, 0.15) is 12.0 Å². The van der Waals surface area contributed by atoms with Gasteiger partial charge in [-0.3, -0.25) is 14.9 Å². The van der Waals surface area contributed by atoms with Crippen molar-refractivity contribution in [1.29, 1.82) is 5.26 Å². The van der Waals surface area contributed by atoms with Crippen LogP contribution in [-0.2, 0) is 4.79 Å². The molecule has 128 valence electrons. The fourth-order valence-electron chi connectivity index (χ4n) is 2.66. The molecular formula is C14H13F3N4O3. The van der Waals surface area contributed by atoms with Crippen LogP contribution in [0.15, 0.2) is 18.2 Å². The topological polar surface area (TPSA) is 90.5 Å². The molecule has 0 bridgehead atoms. The van der Waals surface area contributed by atoms with Crippen LogP contribution in [0.25, 0.3) is 0 Å². The molecule has 0 saturated carbocycles. The fraction of sp³-hybridized carbons (Fsp3) is 0.429. The van der Waals surface area contributed by atoms with Crippen molar-refractivity contribution in [2.45, 2.75) is 18.6 Å². The monoisotopic (exact) mass is 342 g/mol. The second-order valence-corrected chi connectivity index (χ2v) is 5.36. The zero-order valence-electron chi connectivity index (χ0n) is 12.6. The van der Waals surface area contributed by atoms with Gasteiger partial charge in [-0.25, -0.2) is 0 Å². The van der Waals surface area contributed by atoms with Crippen molar-refractivity contribution in [3.63, 3.8) is 0 Å². The van der Waals surface area contributed by atoms with E-state index in [-0.39, 0.29) is 29.9 Å². The summed E-state index contributed by atoms with van der Waals surface area (Å²) in [5.74, 6) is -0.683. The number of amides is 1. The number of non-ortho nitro benzene ring substituents is 1. The molecule has 1 atom stereocenters. The van der Waals surface area contributed by atoms with Crippen LogP contribution in [0.3, 0.4) is 0 Å². The van der Waals surface area contributed by atoms with E-state index in [1.807, 2.05) is 6.07 Å². The van der Waals surface area contributed by atoms with Gasteiger partial charge in [-0.1, -0.05) is 0 Å². The lowest BCUT2D eigenvalue weighted by atomic mass is 10.1. The maximum atomic E-state index is 12.5. The number of nitriles is 1. The number of hydrogen-bond acceptors (Lipinski definition) is 5. The minimum Gasteiger partial charge on any atom is -0.362 e. The normalized spacial score (nSPS) is 17.7. The summed E-state index contributed by atoms with van der Waals surface area (Å²) in [6.07, 6.45) is -4.30. The molecule has 1 aliphatic heterocycles. The minimum absolute atomic E-state index is 0.0197. The molecule has 10 heteroatoms. The summed E-state index contributed by atoms with van der Waals surface area (Å²) in [5, 5.41) is 19.9. The molecule has 1 aromatic rings. The van der Waals surface area contributed by atoms with Gasteiger partial charge in [0.2, 0.25) is 5.91 Å². The Kier molecular flexibility index (Phi) is 4.64. The smallest absolute Gasteiger partial charge is 0.362 e. The Hall–Kier alpha value is -2.83. The third-order valence-corrected chi connectivity index (χ3v) is 3.80. The Morgan fingerprint density at radius 3 is 2.71 bits per heavy atom. The molecule has 1 amide bonds. The molecule has 7 nitrogen and oxygen atoms in total. The minimum atomic E-state index is -4.48. The molecule has 24 heavy (non-hydrogen) atoms. The summed E-state index contributed by atoms with van der Waals surface area (Å²) in [6, 6.07) is 4.53. The van der Waals surface area contributed by atoms with Gasteiger partial charge in [-0.05, 0) is 12.5 Å². The summed E-state index contributed by atoms with van der Waals surface area (Å²) in [5.41, 5.74) is -0.0378. The van der Waals surface area contributed by atoms with Crippen molar-refractivity contribution < 1.29 is 22.9 Å². The van der Waals surface area contributed by atoms with Gasteiger partial charge in [0.25, 0.3) is 5.69 Å². The number of anilines is 1. The molecule has 1 saturated heterocycles. The van der Waals surface area contributed by atoms with E-state index in [0.29, 0.717) is 0 Å². The number of benzene rings is 1. The third-order valence-electron chi connectivity index (χ3n) is 3.80. The molecule has 0 aliphatic carbocycles. The van der Waals surface area contributed by atoms with Gasteiger partial charge in [-0.2, -0.15) is 18.4 Å². The number of carbonyl (C=O) groups excluding carboxylic acids is 1. The molecule has 0 aromatic heterocycles. The summed E-state index contributed by atoms with van der Waals surface area (Å²) in [6.45, 7) is -1.36. The van der Waals surface area contributed by atoms with Gasteiger partial charge in [0.1, 0.15) is 18.7 Å². The lowest BCUT2D eigenvalue weighted by molar-refractivity contribution is -0.384. The molecule has 0 N–H and O–H groups in total. The Balaban J connectivity index is 2.24. The van der Waals surface area contributed by atoms with Gasteiger partial charge < -0.3 is 9.80 Å². The Labute approximate surface area is 135 Å². The summed E-state index contributed by atoms with van der Waals surface area (Å²) < 4.78 is 37.4. The van der Waals surface area contributed by atoms with Crippen molar-refractivity contribution >= 4 is 17.3 Å². The van der Waals surface area contributed by atoms with Crippen molar-refractivity contribution in [2.24, 2.45) is 0 Å². The number of carbonyl (C=O) groups is 1. The van der Waals surface area contributed by atoms with Crippen molar-refractivity contribution in [1.82, 2.24) is 4.90 Å². The van der Waals surface area contributed by atoms with Crippen LogP contribution in [-0.4, -0.2) is 48.1 Å². The SMILES string of the molecule is CN(c1ccc([N+](=O)[O-])cc1C#N)[C@@H]1CCN(CC(F)(F)F)C1=O. The number of likely N-dealkylation sites (tertiary alicyclic amines) is 1. The van der Waals surface area contributed by atoms with Gasteiger partial charge in [0.15, 0.2) is 0 Å². The summed E-state index contributed by atoms with van der Waals surface area (Å²) in [4.78, 5) is 24.4. The number of rotatable bonds is 4. The molecule has 0 unspecified atom stereocenters. The molecular weight excluding hydrogens is 329 g/mol. The number of hydrogen-bond donors (Lipinski definition) is 0. The van der Waals surface area contributed by atoms with E-state index in [1.54, 1.807) is 0 Å². The van der Waals surface area contributed by atoms with E-state index < -0.39 is 29.6 Å². The first-order valence-electron chi connectivity index (χ1n) is 6.91. The number of nitro groups is 1. The molecule has 1 aromatic carbocycles. The average molecular weight is 342 g/mol. The Bertz CT molecular complexity index is 714. The predicted octanol–water partition coefficient (Wildman–Crippen LogP) is 2.07. The van der Waals surface area contributed by atoms with Crippen LogP contribution < -0.4 is 4.90 Å². The Morgan fingerprint density at radius 2 is 2.17 bits per heavy atom. The maximum Gasteiger partial charge on any atom is 0.406 e. The number of likely N-dealkylation sites (N-methyl/N-ethyl adjacent to an activating group) is 1. The zero-order chi connectivity index (χ0) is 18.1. The van der Waals surface area contributed by atoms with Crippen LogP contribution in [0.5, 0.6) is 0 Å². The van der Waals surface area contributed by atoms with Gasteiger partial charge in [-0.15, -0.1) is 0 Å². The highest BCUT2D eigenvalue weighted by atomic mass is 19.4. The highest BCUT2D eigenvalue weighted by Gasteiger charge is 2.41. The lowest BCUT2D eigenvalue weighted by Crippen LogP contribution is -2.42. The number of alkyl halides is 3. The molecule has 1 aliphatic rings. The summed E-state index contributed by atoms with van der Waals surface area (Å²) >= 11 is 0. The largest absolute Gasteiger partial charge is 0.406 e. The first kappa shape index (κ1) is 17.5. The molecule has 0 spiro atoms. The average Bonchev–Trinajstić information content (AvgIpc) is 2.85. The van der Waals surface area contributed by atoms with E-state index in [0.717, 1.165) is 11.0 Å². The first-order chi connectivity index (χ1) is 11.1. The van der Waals surface area contributed by atoms with Crippen LogP contribution in [0, 0.1) is 21.4 Å². The molecule has 2 rings (SSSR count). The highest BCUT2D eigenvalue weighted by Crippen LogP contribution is 2.29. The zero-order valence-corrected chi connectivity index (χ0v) is 12.6. The van der Waals surface area contributed by atoms with Crippen LogP contribution >= 0.6 is 0 Å². The lowest BCUT2D eigenvalue weighted by Gasteiger charge is -2.26. The van der Waals surface area contributed by atoms with Crippen LogP contribution in [0.4, 0.5) is 24.5 Å². The van der Waals surface area contributed by atoms with E-state index >= 15 is 0 Å². The van der Waals surface area contributed by atoms with Gasteiger partial charge in [0.05, 0.1) is 16.2 Å². The van der Waals surface area contributed by atoms with E-state index in [4.69, 9.17) is 5.26 Å². The summed E-state index contributed by atoms with van der Waals surface area (Å²) in [7, 11) is 1.47. The van der Waals surface area contributed by atoms with E-state index in [1.165, 1.54) is 24.1 Å². The number of nitro benzene ring substituents is 1. The quantitative estimate of drug-likeness (QED) is 0.617. The number of nitrogens with zero attached hydrogens (tertiary/aromatic N) is 4. The van der Waals surface area contributed by atoms with Crippen molar-refractivity contribution in [3.8, 4) is 6.07 Å². The van der Waals surface area contributed by atoms with Crippen molar-refractivity contribution in [2.75, 3.05) is 25.0 Å². The highest BCUT2D eigenvalue weighted by molar-refractivity contribution is 5.88. The van der Waals surface area contributed by atoms with Crippen LogP contribution in [0.2, 0.25) is 0 Å². The van der Waals surface area contributed by atoms with E-state index in [9.17, 15) is 28.1 Å². The Morgan fingerprint density at radius 1 is 1.50 bits per heavy atom. The third kappa shape index (κ3) is 3.56. The number of halogens is 3. The van der Waals surface area contributed by atoms with Crippen molar-refractivity contribution in [3.05, 3.63) is 33.9 Å². The second kappa shape index (κ2) is 6.35. The fourth-order valence-corrected chi connectivity index (χ4v) is 2.66. The predicted molar refractivity (Wildman–Crippen MR) is 77.3 cm³/mol. The maximum absolute atomic E-state index is 12.5. The van der Waals surface area contributed by atoms with Gasteiger partial charge in [0, 0.05) is 25.7 Å².